The molecular weight excluding hydrogens is 438 g/mol. The van der Waals surface area contributed by atoms with Gasteiger partial charge in [-0.3, -0.25) is 23.4 Å². The smallest absolute Gasteiger partial charge is 0.399 e. The maximum atomic E-state index is 13.0. The number of H-pyrrole nitrogens is 1. The Hall–Kier alpha value is -1.72. The first-order chi connectivity index (χ1) is 14.2. The van der Waals surface area contributed by atoms with Gasteiger partial charge in [0.2, 0.25) is 5.82 Å². The molecule has 3 unspecified atom stereocenters. The van der Waals surface area contributed by atoms with Crippen LogP contribution in [0.15, 0.2) is 29.2 Å². The zero-order chi connectivity index (χ0) is 21.8. The molecule has 2 aliphatic heterocycles. The Kier molecular flexibility index (Phi) is 7.70. The van der Waals surface area contributed by atoms with Gasteiger partial charge in [-0.25, -0.2) is 0 Å². The molecule has 1 aromatic heterocycles. The number of aromatic nitrogens is 2. The van der Waals surface area contributed by atoms with Crippen molar-refractivity contribution in [1.82, 2.24) is 9.55 Å². The fraction of sp³-hybridized carbons (Fsp3) is 0.444. The Balaban J connectivity index is 0.000000171. The van der Waals surface area contributed by atoms with Crippen LogP contribution in [-0.4, -0.2) is 32.3 Å². The number of para-hydroxylation sites is 1. The SMILES string of the molecule is Cc1cccc2c1OP(OC(C)O)OC2.O=c1[nH]c(=S)n(C2CC[C@@H](O)O2)cc1F. The third-order valence-electron chi connectivity index (χ3n) is 4.23. The monoisotopic (exact) mass is 460 g/mol. The fourth-order valence-electron chi connectivity index (χ4n) is 2.84. The minimum Gasteiger partial charge on any atom is -0.426 e. The molecule has 2 aliphatic rings. The molecule has 30 heavy (non-hydrogen) atoms. The number of benzene rings is 1. The Morgan fingerprint density at radius 2 is 2.20 bits per heavy atom. The first-order valence-corrected chi connectivity index (χ1v) is 10.6. The second kappa shape index (κ2) is 10.1. The Labute approximate surface area is 178 Å². The van der Waals surface area contributed by atoms with Gasteiger partial charge in [-0.2, -0.15) is 4.39 Å². The number of aliphatic hydroxyl groups is 2. The molecule has 9 nitrogen and oxygen atoms in total. The molecule has 0 spiro atoms. The Bertz CT molecular complexity index is 999. The van der Waals surface area contributed by atoms with E-state index in [9.17, 15) is 9.18 Å². The summed E-state index contributed by atoms with van der Waals surface area (Å²) in [5.74, 6) is -0.107. The lowest BCUT2D eigenvalue weighted by molar-refractivity contribution is -0.113. The van der Waals surface area contributed by atoms with E-state index in [1.807, 2.05) is 25.1 Å². The number of halogens is 1. The van der Waals surface area contributed by atoms with Crippen molar-refractivity contribution >= 4 is 20.8 Å². The lowest BCUT2D eigenvalue weighted by atomic mass is 10.1. The second-order valence-corrected chi connectivity index (χ2v) is 8.11. The summed E-state index contributed by atoms with van der Waals surface area (Å²) >= 11 is 4.85. The molecule has 2 aromatic rings. The van der Waals surface area contributed by atoms with Crippen LogP contribution in [0, 0.1) is 17.5 Å². The van der Waals surface area contributed by atoms with Crippen molar-refractivity contribution < 1.29 is 32.9 Å². The normalized spacial score (nSPS) is 23.7. The van der Waals surface area contributed by atoms with Gasteiger partial charge in [0.05, 0.1) is 12.8 Å². The molecule has 0 saturated carbocycles. The van der Waals surface area contributed by atoms with Gasteiger partial charge in [0.1, 0.15) is 12.0 Å². The first-order valence-electron chi connectivity index (χ1n) is 9.13. The van der Waals surface area contributed by atoms with Crippen molar-refractivity contribution in [1.29, 1.82) is 0 Å². The topological polar surface area (TPSA) is 115 Å². The third-order valence-corrected chi connectivity index (χ3v) is 5.69. The summed E-state index contributed by atoms with van der Waals surface area (Å²) in [6.45, 7) is 3.97. The van der Waals surface area contributed by atoms with Crippen LogP contribution in [-0.2, 0) is 20.4 Å². The Morgan fingerprint density at radius 1 is 1.43 bits per heavy atom. The van der Waals surface area contributed by atoms with Crippen LogP contribution in [0.1, 0.15) is 37.1 Å². The van der Waals surface area contributed by atoms with E-state index in [0.29, 0.717) is 19.4 Å². The van der Waals surface area contributed by atoms with Gasteiger partial charge in [0, 0.05) is 12.0 Å². The number of aryl methyl sites for hydroxylation is 1. The number of nitrogens with zero attached hydrogens (tertiary/aromatic N) is 1. The molecule has 1 aromatic carbocycles. The average Bonchev–Trinajstić information content (AvgIpc) is 3.11. The van der Waals surface area contributed by atoms with Gasteiger partial charge in [0.25, 0.3) is 5.56 Å². The van der Waals surface area contributed by atoms with Gasteiger partial charge >= 0.3 is 8.60 Å². The number of ether oxygens (including phenoxy) is 1. The second-order valence-electron chi connectivity index (χ2n) is 6.62. The largest absolute Gasteiger partial charge is 0.426 e. The number of rotatable bonds is 3. The molecule has 164 valence electrons. The van der Waals surface area contributed by atoms with E-state index in [1.54, 1.807) is 0 Å². The molecule has 4 atom stereocenters. The minimum atomic E-state index is -1.46. The van der Waals surface area contributed by atoms with E-state index in [0.717, 1.165) is 23.1 Å². The maximum Gasteiger partial charge on any atom is 0.399 e. The van der Waals surface area contributed by atoms with Crippen molar-refractivity contribution in [2.24, 2.45) is 0 Å². The highest BCUT2D eigenvalue weighted by Crippen LogP contribution is 2.48. The number of hydrogen-bond acceptors (Lipinski definition) is 8. The summed E-state index contributed by atoms with van der Waals surface area (Å²) < 4.78 is 35.4. The van der Waals surface area contributed by atoms with Crippen LogP contribution in [0.4, 0.5) is 4.39 Å². The number of hydrogen-bond donors (Lipinski definition) is 3. The van der Waals surface area contributed by atoms with Crippen molar-refractivity contribution in [3.8, 4) is 5.75 Å². The van der Waals surface area contributed by atoms with Crippen LogP contribution in [0.3, 0.4) is 0 Å². The summed E-state index contributed by atoms with van der Waals surface area (Å²) in [4.78, 5) is 13.1. The molecule has 0 radical (unpaired) electrons. The lowest BCUT2D eigenvalue weighted by Crippen LogP contribution is -2.20. The summed E-state index contributed by atoms with van der Waals surface area (Å²) in [7, 11) is -1.46. The van der Waals surface area contributed by atoms with Crippen LogP contribution < -0.4 is 10.1 Å². The molecule has 0 aliphatic carbocycles. The van der Waals surface area contributed by atoms with E-state index < -0.39 is 38.8 Å². The van der Waals surface area contributed by atoms with Crippen molar-refractivity contribution in [3.05, 3.63) is 56.5 Å². The number of fused-ring (bicyclic) bond motifs is 1. The fourth-order valence-corrected chi connectivity index (χ4v) is 4.16. The molecule has 1 saturated heterocycles. The van der Waals surface area contributed by atoms with Gasteiger partial charge in [0.15, 0.2) is 17.4 Å². The average molecular weight is 460 g/mol. The van der Waals surface area contributed by atoms with Crippen LogP contribution >= 0.6 is 20.8 Å². The summed E-state index contributed by atoms with van der Waals surface area (Å²) in [5.41, 5.74) is 1.22. The number of nitrogens with one attached hydrogen (secondary N) is 1. The summed E-state index contributed by atoms with van der Waals surface area (Å²) in [6, 6.07) is 5.89. The van der Waals surface area contributed by atoms with Gasteiger partial charge in [-0.15, -0.1) is 0 Å². The van der Waals surface area contributed by atoms with E-state index in [-0.39, 0.29) is 4.77 Å². The molecule has 3 N–H and O–H groups in total. The molecule has 1 fully saturated rings. The summed E-state index contributed by atoms with van der Waals surface area (Å²) in [5, 5.41) is 18.2. The van der Waals surface area contributed by atoms with Crippen LogP contribution in [0.25, 0.3) is 0 Å². The molecule has 0 bridgehead atoms. The van der Waals surface area contributed by atoms with Gasteiger partial charge in [-0.05, 0) is 38.0 Å². The maximum absolute atomic E-state index is 13.0. The predicted molar refractivity (Wildman–Crippen MR) is 107 cm³/mol. The van der Waals surface area contributed by atoms with Crippen LogP contribution in [0.5, 0.6) is 5.75 Å². The molecule has 4 rings (SSSR count). The van der Waals surface area contributed by atoms with E-state index >= 15 is 0 Å². The van der Waals surface area contributed by atoms with E-state index in [1.165, 1.54) is 11.5 Å². The molecular formula is C18H22FN2O7PS. The zero-order valence-corrected chi connectivity index (χ0v) is 18.0. The molecule has 12 heteroatoms. The minimum absolute atomic E-state index is 0.0838. The number of aliphatic hydroxyl groups excluding tert-OH is 2. The van der Waals surface area contributed by atoms with Gasteiger partial charge < -0.3 is 19.5 Å². The lowest BCUT2D eigenvalue weighted by Gasteiger charge is -2.25. The zero-order valence-electron chi connectivity index (χ0n) is 16.3. The first kappa shape index (κ1) is 23.0. The highest BCUT2D eigenvalue weighted by molar-refractivity contribution is 7.71. The predicted octanol–water partition coefficient (Wildman–Crippen LogP) is 3.16. The quantitative estimate of drug-likeness (QED) is 0.364. The summed E-state index contributed by atoms with van der Waals surface area (Å²) in [6.07, 6.45) is -0.259. The molecule has 0 amide bonds. The number of aromatic amines is 1. The van der Waals surface area contributed by atoms with Crippen molar-refractivity contribution in [3.63, 3.8) is 0 Å². The van der Waals surface area contributed by atoms with E-state index in [4.69, 9.17) is 40.7 Å². The van der Waals surface area contributed by atoms with Crippen molar-refractivity contribution in [2.75, 3.05) is 0 Å². The third kappa shape index (κ3) is 5.70. The van der Waals surface area contributed by atoms with E-state index in [2.05, 4.69) is 4.98 Å². The highest BCUT2D eigenvalue weighted by atomic mass is 32.1. The highest BCUT2D eigenvalue weighted by Gasteiger charge is 2.26. The van der Waals surface area contributed by atoms with Gasteiger partial charge in [-0.1, -0.05) is 18.2 Å². The van der Waals surface area contributed by atoms with Crippen molar-refractivity contribution in [2.45, 2.75) is 52.1 Å². The molecule has 3 heterocycles. The Morgan fingerprint density at radius 3 is 2.87 bits per heavy atom. The standard InChI is InChI=1S/C10H13O4P.C8H9FN2O3S/c1-7-4-3-5-9-6-12-15(13-8(2)11)14-10(7)9;9-4-3-11(8(15)10-7(4)13)5-1-2-6(12)14-5/h3-5,8,11H,6H2,1-2H3;3,5-6,12H,1-2H2,(H,10,13,15)/t;5?,6-/m.0/s1. The van der Waals surface area contributed by atoms with Crippen LogP contribution in [0.2, 0.25) is 0 Å².